The van der Waals surface area contributed by atoms with E-state index in [-0.39, 0.29) is 12.4 Å². The molecule has 0 saturated carbocycles. The van der Waals surface area contributed by atoms with Crippen LogP contribution in [0.1, 0.15) is 12.6 Å². The van der Waals surface area contributed by atoms with Gasteiger partial charge in [0.05, 0.1) is 19.3 Å². The van der Waals surface area contributed by atoms with Gasteiger partial charge in [0.2, 0.25) is 0 Å². The molecule has 0 unspecified atom stereocenters. The van der Waals surface area contributed by atoms with E-state index in [9.17, 15) is 0 Å². The van der Waals surface area contributed by atoms with Gasteiger partial charge in [-0.15, -0.1) is 12.4 Å². The van der Waals surface area contributed by atoms with Gasteiger partial charge in [0, 0.05) is 36.1 Å². The number of fused-ring (bicyclic) bond motifs is 1. The summed E-state index contributed by atoms with van der Waals surface area (Å²) >= 11 is 0. The van der Waals surface area contributed by atoms with Crippen LogP contribution in [-0.2, 0) is 13.1 Å². The molecule has 4 rings (SSSR count). The molecule has 130 valence electrons. The zero-order valence-corrected chi connectivity index (χ0v) is 15.1. The van der Waals surface area contributed by atoms with Crippen molar-refractivity contribution in [3.8, 4) is 28.1 Å². The Hall–Kier alpha value is -2.37. The third-order valence-corrected chi connectivity index (χ3v) is 4.45. The van der Waals surface area contributed by atoms with Gasteiger partial charge >= 0.3 is 0 Å². The van der Waals surface area contributed by atoms with Gasteiger partial charge in [0.15, 0.2) is 0 Å². The minimum Gasteiger partial charge on any atom is -0.497 e. The second-order valence-corrected chi connectivity index (χ2v) is 6.10. The number of aromatic nitrogens is 3. The number of rotatable bonds is 3. The van der Waals surface area contributed by atoms with Crippen LogP contribution in [0.2, 0.25) is 0 Å². The Labute approximate surface area is 153 Å². The minimum atomic E-state index is 0. The normalized spacial score (nSPS) is 16.0. The molecular weight excluding hydrogens is 336 g/mol. The highest BCUT2D eigenvalue weighted by Crippen LogP contribution is 2.36. The van der Waals surface area contributed by atoms with Crippen LogP contribution >= 0.6 is 12.4 Å². The average Bonchev–Trinajstić information content (AvgIpc) is 3.01. The molecule has 0 bridgehead atoms. The number of methoxy groups -OCH3 is 1. The van der Waals surface area contributed by atoms with Crippen LogP contribution in [0.3, 0.4) is 0 Å². The van der Waals surface area contributed by atoms with Crippen molar-refractivity contribution >= 4 is 12.4 Å². The summed E-state index contributed by atoms with van der Waals surface area (Å²) in [7, 11) is 1.68. The number of benzene rings is 1. The first kappa shape index (κ1) is 17.5. The molecule has 0 radical (unpaired) electrons. The van der Waals surface area contributed by atoms with Crippen molar-refractivity contribution in [2.75, 3.05) is 7.11 Å². The first-order chi connectivity index (χ1) is 11.8. The topological polar surface area (TPSA) is 52.0 Å². The highest BCUT2D eigenvalue weighted by atomic mass is 35.5. The summed E-state index contributed by atoms with van der Waals surface area (Å²) < 4.78 is 7.41. The molecule has 0 fully saturated rings. The fraction of sp³-hybridized carbons (Fsp3) is 0.263. The van der Waals surface area contributed by atoms with Crippen molar-refractivity contribution in [2.45, 2.75) is 26.1 Å². The highest BCUT2D eigenvalue weighted by Gasteiger charge is 2.24. The van der Waals surface area contributed by atoms with E-state index >= 15 is 0 Å². The Balaban J connectivity index is 0.00000182. The number of ether oxygens (including phenoxy) is 1. The lowest BCUT2D eigenvalue weighted by Crippen LogP contribution is -2.36. The fourth-order valence-corrected chi connectivity index (χ4v) is 3.20. The average molecular weight is 357 g/mol. The van der Waals surface area contributed by atoms with Crippen molar-refractivity contribution < 1.29 is 4.74 Å². The lowest BCUT2D eigenvalue weighted by Gasteiger charge is -2.22. The summed E-state index contributed by atoms with van der Waals surface area (Å²) in [6.45, 7) is 3.88. The van der Waals surface area contributed by atoms with Gasteiger partial charge in [-0.1, -0.05) is 0 Å². The summed E-state index contributed by atoms with van der Waals surface area (Å²) in [6.07, 6.45) is 3.66. The zero-order valence-electron chi connectivity index (χ0n) is 14.3. The largest absolute Gasteiger partial charge is 0.497 e. The van der Waals surface area contributed by atoms with Gasteiger partial charge in [0.25, 0.3) is 0 Å². The quantitative estimate of drug-likeness (QED) is 0.780. The predicted molar refractivity (Wildman–Crippen MR) is 101 cm³/mol. The maximum absolute atomic E-state index is 5.27. The summed E-state index contributed by atoms with van der Waals surface area (Å²) in [4.78, 5) is 4.15. The van der Waals surface area contributed by atoms with E-state index in [2.05, 4.69) is 34.0 Å². The molecule has 1 aliphatic rings. The lowest BCUT2D eigenvalue weighted by molar-refractivity contribution is 0.390. The van der Waals surface area contributed by atoms with Crippen molar-refractivity contribution in [1.82, 2.24) is 20.1 Å². The van der Waals surface area contributed by atoms with Crippen molar-refractivity contribution in [2.24, 2.45) is 0 Å². The number of hydrogen-bond donors (Lipinski definition) is 1. The second-order valence-electron chi connectivity index (χ2n) is 6.10. The van der Waals surface area contributed by atoms with Crippen LogP contribution in [0.4, 0.5) is 0 Å². The van der Waals surface area contributed by atoms with E-state index in [1.807, 2.05) is 36.7 Å². The molecule has 3 heterocycles. The first-order valence-corrected chi connectivity index (χ1v) is 8.14. The molecule has 5 nitrogen and oxygen atoms in total. The highest BCUT2D eigenvalue weighted by molar-refractivity contribution is 5.85. The molecular formula is C19H21ClN4O. The Morgan fingerprint density at radius 1 is 1.08 bits per heavy atom. The Kier molecular flexibility index (Phi) is 5.06. The first-order valence-electron chi connectivity index (χ1n) is 8.14. The van der Waals surface area contributed by atoms with Crippen LogP contribution in [0.25, 0.3) is 22.4 Å². The number of halogens is 1. The van der Waals surface area contributed by atoms with E-state index in [4.69, 9.17) is 9.84 Å². The molecule has 0 saturated heterocycles. The van der Waals surface area contributed by atoms with Crippen LogP contribution in [0.5, 0.6) is 5.75 Å². The number of nitrogens with zero attached hydrogens (tertiary/aromatic N) is 3. The standard InChI is InChI=1S/C19H20N4O.ClH/c1-13-12-23-17(11-21-13)18(14-7-9-20-10-8-14)19(22-23)15-3-5-16(24-2)6-4-15;/h3-10,13,21H,11-12H2,1-2H3;1H/t13-;/m1./s1. The summed E-state index contributed by atoms with van der Waals surface area (Å²) in [6, 6.07) is 12.6. The Morgan fingerprint density at radius 3 is 2.48 bits per heavy atom. The summed E-state index contributed by atoms with van der Waals surface area (Å²) in [5.74, 6) is 0.850. The number of nitrogens with one attached hydrogen (secondary N) is 1. The van der Waals surface area contributed by atoms with Crippen LogP contribution < -0.4 is 10.1 Å². The van der Waals surface area contributed by atoms with E-state index in [0.29, 0.717) is 6.04 Å². The molecule has 1 aromatic carbocycles. The SMILES string of the molecule is COc1ccc(-c2nn3c(c2-c2ccncc2)CN[C@H](C)C3)cc1.Cl. The summed E-state index contributed by atoms with van der Waals surface area (Å²) in [5, 5.41) is 8.45. The van der Waals surface area contributed by atoms with E-state index < -0.39 is 0 Å². The number of hydrogen-bond acceptors (Lipinski definition) is 4. The van der Waals surface area contributed by atoms with Crippen LogP contribution in [0.15, 0.2) is 48.8 Å². The molecule has 25 heavy (non-hydrogen) atoms. The third kappa shape index (κ3) is 3.25. The van der Waals surface area contributed by atoms with Gasteiger partial charge in [-0.3, -0.25) is 9.67 Å². The molecule has 2 aromatic heterocycles. The molecule has 0 spiro atoms. The molecule has 3 aromatic rings. The molecule has 6 heteroatoms. The van der Waals surface area contributed by atoms with Gasteiger partial charge in [-0.2, -0.15) is 5.10 Å². The number of pyridine rings is 1. The maximum Gasteiger partial charge on any atom is 0.118 e. The minimum absolute atomic E-state index is 0. The van der Waals surface area contributed by atoms with Gasteiger partial charge in [-0.05, 0) is 48.9 Å². The smallest absolute Gasteiger partial charge is 0.118 e. The fourth-order valence-electron chi connectivity index (χ4n) is 3.20. The van der Waals surface area contributed by atoms with E-state index in [0.717, 1.165) is 35.7 Å². The van der Waals surface area contributed by atoms with Crippen molar-refractivity contribution in [1.29, 1.82) is 0 Å². The van der Waals surface area contributed by atoms with E-state index in [1.165, 1.54) is 11.3 Å². The van der Waals surface area contributed by atoms with Crippen LogP contribution in [-0.4, -0.2) is 27.9 Å². The maximum atomic E-state index is 5.27. The Morgan fingerprint density at radius 2 is 1.80 bits per heavy atom. The molecule has 0 amide bonds. The summed E-state index contributed by atoms with van der Waals surface area (Å²) in [5.41, 5.74) is 5.66. The zero-order chi connectivity index (χ0) is 16.5. The van der Waals surface area contributed by atoms with E-state index in [1.54, 1.807) is 7.11 Å². The monoisotopic (exact) mass is 356 g/mol. The van der Waals surface area contributed by atoms with Gasteiger partial charge < -0.3 is 10.1 Å². The van der Waals surface area contributed by atoms with Crippen molar-refractivity contribution in [3.05, 3.63) is 54.5 Å². The second kappa shape index (κ2) is 7.25. The Bertz CT molecular complexity index is 846. The molecule has 1 atom stereocenters. The molecule has 1 N–H and O–H groups in total. The lowest BCUT2D eigenvalue weighted by atomic mass is 9.99. The van der Waals surface area contributed by atoms with Crippen LogP contribution in [0, 0.1) is 0 Å². The molecule has 0 aliphatic carbocycles. The van der Waals surface area contributed by atoms with Gasteiger partial charge in [0.1, 0.15) is 11.4 Å². The predicted octanol–water partition coefficient (Wildman–Crippen LogP) is 3.53. The van der Waals surface area contributed by atoms with Gasteiger partial charge in [-0.25, -0.2) is 0 Å². The third-order valence-electron chi connectivity index (χ3n) is 4.45. The molecule has 1 aliphatic heterocycles. The van der Waals surface area contributed by atoms with Crippen molar-refractivity contribution in [3.63, 3.8) is 0 Å².